The van der Waals surface area contributed by atoms with Crippen molar-refractivity contribution in [2.75, 3.05) is 39.6 Å². The summed E-state index contributed by atoms with van der Waals surface area (Å²) in [5.74, 6) is -0.00529. The summed E-state index contributed by atoms with van der Waals surface area (Å²) in [6, 6.07) is 0. The molecule has 0 saturated heterocycles. The van der Waals surface area contributed by atoms with Crippen LogP contribution in [0.1, 0.15) is 12.8 Å². The van der Waals surface area contributed by atoms with E-state index in [4.69, 9.17) is 17.8 Å². The van der Waals surface area contributed by atoms with E-state index in [-0.39, 0.29) is 49.8 Å². The number of hydrogen-bond acceptors (Lipinski definition) is 8. The second-order valence-electron chi connectivity index (χ2n) is 6.25. The molecule has 2 bridgehead atoms. The topological polar surface area (TPSA) is 105 Å². The Kier molecular flexibility index (Phi) is 6.07. The van der Waals surface area contributed by atoms with Crippen LogP contribution in [0.5, 0.6) is 0 Å². The van der Waals surface area contributed by atoms with Gasteiger partial charge in [0.05, 0.1) is 31.8 Å². The second kappa shape index (κ2) is 7.32. The predicted octanol–water partition coefficient (Wildman–Crippen LogP) is 0.200. The van der Waals surface area contributed by atoms with Crippen LogP contribution in [0.15, 0.2) is 0 Å². The zero-order valence-corrected chi connectivity index (χ0v) is 15.1. The van der Waals surface area contributed by atoms with Crippen molar-refractivity contribution in [2.45, 2.75) is 18.9 Å². The lowest BCUT2D eigenvalue weighted by Gasteiger charge is -2.29. The monoisotopic (exact) mass is 372 g/mol. The van der Waals surface area contributed by atoms with E-state index < -0.39 is 20.2 Å². The molecular weight excluding hydrogens is 348 g/mol. The lowest BCUT2D eigenvalue weighted by Crippen LogP contribution is -2.31. The summed E-state index contributed by atoms with van der Waals surface area (Å²) in [6.07, 6.45) is 3.71. The zero-order valence-electron chi connectivity index (χ0n) is 13.5. The van der Waals surface area contributed by atoms with Gasteiger partial charge < -0.3 is 9.47 Å². The fraction of sp³-hybridized carbons (Fsp3) is 1.00. The zero-order chi connectivity index (χ0) is 17.3. The van der Waals surface area contributed by atoms with Crippen molar-refractivity contribution in [1.82, 2.24) is 0 Å². The van der Waals surface area contributed by atoms with E-state index in [1.807, 2.05) is 0 Å². The van der Waals surface area contributed by atoms with E-state index in [1.54, 1.807) is 0 Å². The van der Waals surface area contributed by atoms with Crippen LogP contribution in [0.4, 0.5) is 0 Å². The molecule has 0 N–H and O–H groups in total. The van der Waals surface area contributed by atoms with E-state index >= 15 is 0 Å². The van der Waals surface area contributed by atoms with Crippen molar-refractivity contribution in [3.63, 3.8) is 0 Å². The Bertz CT molecular complexity index is 549. The Hall–Kier alpha value is -0.260. The first-order valence-electron chi connectivity index (χ1n) is 7.41. The van der Waals surface area contributed by atoms with E-state index in [9.17, 15) is 16.8 Å². The maximum Gasteiger partial charge on any atom is 0.264 e. The summed E-state index contributed by atoms with van der Waals surface area (Å²) in [7, 11) is -5.58. The van der Waals surface area contributed by atoms with Gasteiger partial charge >= 0.3 is 0 Å². The second-order valence-corrected chi connectivity index (χ2v) is 9.54. The van der Waals surface area contributed by atoms with Gasteiger partial charge in [-0.3, -0.25) is 8.37 Å². The fourth-order valence-electron chi connectivity index (χ4n) is 3.87. The molecule has 0 aromatic heterocycles. The van der Waals surface area contributed by atoms with E-state index in [1.165, 1.54) is 7.11 Å². The van der Waals surface area contributed by atoms with Crippen molar-refractivity contribution in [2.24, 2.45) is 23.7 Å². The third-order valence-corrected chi connectivity index (χ3v) is 5.78. The highest BCUT2D eigenvalue weighted by Gasteiger charge is 2.55. The molecule has 2 aliphatic carbocycles. The molecular formula is C13H24O8S2. The molecule has 10 heteroatoms. The van der Waals surface area contributed by atoms with Gasteiger partial charge in [0.25, 0.3) is 20.2 Å². The van der Waals surface area contributed by atoms with Crippen molar-refractivity contribution >= 4 is 20.2 Å². The minimum atomic E-state index is -3.55. The van der Waals surface area contributed by atoms with Crippen molar-refractivity contribution in [3.05, 3.63) is 0 Å². The quantitative estimate of drug-likeness (QED) is 0.417. The number of rotatable bonds is 9. The van der Waals surface area contributed by atoms with Crippen LogP contribution < -0.4 is 0 Å². The molecule has 2 aliphatic rings. The maximum absolute atomic E-state index is 11.3. The lowest BCUT2D eigenvalue weighted by atomic mass is 9.80. The largest absolute Gasteiger partial charge is 0.359 e. The minimum absolute atomic E-state index is 0.0185. The summed E-state index contributed by atoms with van der Waals surface area (Å²) in [5.41, 5.74) is 0. The van der Waals surface area contributed by atoms with E-state index in [2.05, 4.69) is 0 Å². The Labute approximate surface area is 137 Å². The first-order chi connectivity index (χ1) is 10.6. The lowest BCUT2D eigenvalue weighted by molar-refractivity contribution is -0.0903. The molecule has 2 rings (SSSR count). The average Bonchev–Trinajstić information content (AvgIpc) is 2.93. The van der Waals surface area contributed by atoms with Crippen molar-refractivity contribution in [1.29, 1.82) is 0 Å². The summed E-state index contributed by atoms with van der Waals surface area (Å²) >= 11 is 0. The van der Waals surface area contributed by atoms with Gasteiger partial charge in [-0.2, -0.15) is 16.8 Å². The molecule has 0 aromatic carbocycles. The van der Waals surface area contributed by atoms with Crippen molar-refractivity contribution < 1.29 is 34.7 Å². The highest BCUT2D eigenvalue weighted by molar-refractivity contribution is 7.86. The smallest absolute Gasteiger partial charge is 0.264 e. The third-order valence-electron chi connectivity index (χ3n) is 4.65. The first kappa shape index (κ1) is 19.1. The molecule has 136 valence electrons. The molecule has 1 unspecified atom stereocenters. The summed E-state index contributed by atoms with van der Waals surface area (Å²) in [6.45, 7) is 0.187. The first-order valence-corrected chi connectivity index (χ1v) is 11.0. The highest BCUT2D eigenvalue weighted by Crippen LogP contribution is 2.54. The van der Waals surface area contributed by atoms with E-state index in [0.717, 1.165) is 25.4 Å². The third kappa shape index (κ3) is 5.10. The van der Waals surface area contributed by atoms with Gasteiger partial charge in [-0.15, -0.1) is 0 Å². The predicted molar refractivity (Wildman–Crippen MR) is 81.5 cm³/mol. The molecule has 0 aromatic rings. The average molecular weight is 372 g/mol. The molecule has 0 spiro atoms. The SMILES string of the molecule is COCOC1[C@H]2CC[C@@H]1[C@H](COS(C)(=O)=O)[C@H]2COS(C)(=O)=O. The van der Waals surface area contributed by atoms with Crippen LogP contribution in [0, 0.1) is 23.7 Å². The van der Waals surface area contributed by atoms with Gasteiger partial charge in [-0.25, -0.2) is 0 Å². The summed E-state index contributed by atoms with van der Waals surface area (Å²) in [5, 5.41) is 0. The molecule has 0 amide bonds. The van der Waals surface area contributed by atoms with Gasteiger partial charge in [0.1, 0.15) is 6.79 Å². The molecule has 8 nitrogen and oxygen atoms in total. The number of fused-ring (bicyclic) bond motifs is 2. The van der Waals surface area contributed by atoms with Crippen LogP contribution >= 0.6 is 0 Å². The van der Waals surface area contributed by atoms with Gasteiger partial charge in [-0.1, -0.05) is 0 Å². The fourth-order valence-corrected chi connectivity index (χ4v) is 4.68. The molecule has 0 heterocycles. The van der Waals surface area contributed by atoms with Gasteiger partial charge in [-0.05, 0) is 36.5 Å². The molecule has 2 fully saturated rings. The van der Waals surface area contributed by atoms with E-state index in [0.29, 0.717) is 0 Å². The molecule has 0 radical (unpaired) electrons. The minimum Gasteiger partial charge on any atom is -0.359 e. The molecule has 23 heavy (non-hydrogen) atoms. The van der Waals surface area contributed by atoms with Crippen LogP contribution in [0.2, 0.25) is 0 Å². The number of hydrogen-bond donors (Lipinski definition) is 0. The Morgan fingerprint density at radius 1 is 0.870 bits per heavy atom. The van der Waals surface area contributed by atoms with Gasteiger partial charge in [0.15, 0.2) is 0 Å². The maximum atomic E-state index is 11.3. The summed E-state index contributed by atoms with van der Waals surface area (Å²) in [4.78, 5) is 0. The molecule has 0 aliphatic heterocycles. The van der Waals surface area contributed by atoms with Crippen LogP contribution in [-0.4, -0.2) is 62.6 Å². The normalized spacial score (nSPS) is 34.1. The van der Waals surface area contributed by atoms with Crippen molar-refractivity contribution in [3.8, 4) is 0 Å². The standard InChI is InChI=1S/C13H24O8S2/c1-18-8-19-13-9-4-5-10(13)12(7-21-23(3,16)17)11(9)6-20-22(2,14)15/h9-13H,4-8H2,1-3H3/t9-,10+,11-,12-,13?/m0/s1. The summed E-state index contributed by atoms with van der Waals surface area (Å²) < 4.78 is 65.7. The number of methoxy groups -OCH3 is 1. The Morgan fingerprint density at radius 3 is 1.65 bits per heavy atom. The highest BCUT2D eigenvalue weighted by atomic mass is 32.2. The Morgan fingerprint density at radius 2 is 1.30 bits per heavy atom. The van der Waals surface area contributed by atoms with Gasteiger partial charge in [0, 0.05) is 7.11 Å². The van der Waals surface area contributed by atoms with Gasteiger partial charge in [0.2, 0.25) is 0 Å². The molecule has 5 atom stereocenters. The van der Waals surface area contributed by atoms with Crippen LogP contribution in [-0.2, 0) is 38.1 Å². The number of ether oxygens (including phenoxy) is 2. The van der Waals surface area contributed by atoms with Crippen LogP contribution in [0.25, 0.3) is 0 Å². The van der Waals surface area contributed by atoms with Crippen LogP contribution in [0.3, 0.4) is 0 Å². The molecule has 2 saturated carbocycles. The Balaban J connectivity index is 2.10.